The lowest BCUT2D eigenvalue weighted by molar-refractivity contribution is 0.102. The van der Waals surface area contributed by atoms with Gasteiger partial charge in [0, 0.05) is 6.04 Å². The molecule has 5 heteroatoms. The van der Waals surface area contributed by atoms with Crippen LogP contribution in [0.3, 0.4) is 0 Å². The molecule has 20 heavy (non-hydrogen) atoms. The van der Waals surface area contributed by atoms with Crippen molar-refractivity contribution in [3.8, 4) is 0 Å². The number of rotatable bonds is 2. The van der Waals surface area contributed by atoms with Crippen molar-refractivity contribution in [3.63, 3.8) is 0 Å². The molecule has 106 valence electrons. The largest absolute Gasteiger partial charge is 0.296 e. The van der Waals surface area contributed by atoms with Gasteiger partial charge < -0.3 is 0 Å². The fourth-order valence-electron chi connectivity index (χ4n) is 3.09. The van der Waals surface area contributed by atoms with E-state index >= 15 is 0 Å². The monoisotopic (exact) mass is 290 g/mol. The molecule has 0 radical (unpaired) electrons. The van der Waals surface area contributed by atoms with Crippen molar-refractivity contribution < 1.29 is 4.79 Å². The zero-order chi connectivity index (χ0) is 14.3. The highest BCUT2D eigenvalue weighted by molar-refractivity contribution is 7.20. The van der Waals surface area contributed by atoms with Crippen molar-refractivity contribution in [2.75, 3.05) is 0 Å². The van der Waals surface area contributed by atoms with E-state index in [2.05, 4.69) is 4.98 Å². The molecule has 0 atom stereocenters. The molecule has 0 amide bonds. The van der Waals surface area contributed by atoms with E-state index in [0.29, 0.717) is 15.1 Å². The van der Waals surface area contributed by atoms with Gasteiger partial charge in [-0.25, -0.2) is 4.98 Å². The first kappa shape index (κ1) is 13.5. The van der Waals surface area contributed by atoms with Gasteiger partial charge >= 0.3 is 0 Å². The summed E-state index contributed by atoms with van der Waals surface area (Å²) in [6.07, 6.45) is 7.38. The molecule has 2 aromatic heterocycles. The highest BCUT2D eigenvalue weighted by Crippen LogP contribution is 2.30. The van der Waals surface area contributed by atoms with Gasteiger partial charge in [-0.3, -0.25) is 14.2 Å². The van der Waals surface area contributed by atoms with E-state index < -0.39 is 0 Å². The van der Waals surface area contributed by atoms with Crippen molar-refractivity contribution in [1.82, 2.24) is 9.55 Å². The summed E-state index contributed by atoms with van der Waals surface area (Å²) >= 11 is 1.33. The van der Waals surface area contributed by atoms with Crippen LogP contribution in [0.15, 0.2) is 11.1 Å². The summed E-state index contributed by atoms with van der Waals surface area (Å²) in [5, 5.41) is 0.633. The van der Waals surface area contributed by atoms with E-state index in [0.717, 1.165) is 18.4 Å². The third-order valence-corrected chi connectivity index (χ3v) is 5.46. The van der Waals surface area contributed by atoms with E-state index in [9.17, 15) is 9.59 Å². The Bertz CT molecular complexity index is 723. The number of hydrogen-bond acceptors (Lipinski definition) is 4. The Morgan fingerprint density at radius 3 is 2.70 bits per heavy atom. The first-order chi connectivity index (χ1) is 9.59. The Morgan fingerprint density at radius 2 is 2.05 bits per heavy atom. The molecule has 0 aliphatic heterocycles. The number of Topliss-reactive ketones (excluding diaryl/α,β-unsaturated/α-hetero) is 1. The van der Waals surface area contributed by atoms with Crippen molar-refractivity contribution in [2.45, 2.75) is 52.0 Å². The normalized spacial score (nSPS) is 16.7. The number of fused-ring (bicyclic) bond motifs is 1. The second kappa shape index (κ2) is 5.13. The maximum absolute atomic E-state index is 12.7. The van der Waals surface area contributed by atoms with Crippen molar-refractivity contribution in [3.05, 3.63) is 27.1 Å². The van der Waals surface area contributed by atoms with Crippen LogP contribution in [-0.4, -0.2) is 15.3 Å². The molecule has 1 fully saturated rings. The minimum Gasteiger partial charge on any atom is -0.296 e. The Balaban J connectivity index is 2.17. The maximum Gasteiger partial charge on any atom is 0.262 e. The minimum atomic E-state index is 0.00844. The van der Waals surface area contributed by atoms with Crippen LogP contribution in [0.25, 0.3) is 10.2 Å². The van der Waals surface area contributed by atoms with Gasteiger partial charge in [-0.15, -0.1) is 11.3 Å². The first-order valence-electron chi connectivity index (χ1n) is 7.10. The molecule has 4 nitrogen and oxygen atoms in total. The van der Waals surface area contributed by atoms with Crippen LogP contribution >= 0.6 is 11.3 Å². The van der Waals surface area contributed by atoms with Crippen LogP contribution in [0.4, 0.5) is 0 Å². The lowest BCUT2D eigenvalue weighted by atomic mass is 9.95. The Hall–Kier alpha value is -1.49. The lowest BCUT2D eigenvalue weighted by Gasteiger charge is -2.23. The topological polar surface area (TPSA) is 52.0 Å². The standard InChI is InChI=1S/C15H18N2O2S/c1-9-12-14(20-13(9)10(2)18)16-8-17(15(12)19)11-6-4-3-5-7-11/h8,11H,3-7H2,1-2H3. The third kappa shape index (κ3) is 2.10. The van der Waals surface area contributed by atoms with Crippen LogP contribution in [0.2, 0.25) is 0 Å². The molecule has 0 N–H and O–H groups in total. The van der Waals surface area contributed by atoms with E-state index in [1.165, 1.54) is 37.5 Å². The number of aryl methyl sites for hydroxylation is 1. The van der Waals surface area contributed by atoms with E-state index in [1.54, 1.807) is 10.9 Å². The van der Waals surface area contributed by atoms with Crippen LogP contribution < -0.4 is 5.56 Å². The van der Waals surface area contributed by atoms with Gasteiger partial charge in [0.2, 0.25) is 0 Å². The van der Waals surface area contributed by atoms with Crippen molar-refractivity contribution >= 4 is 27.3 Å². The highest BCUT2D eigenvalue weighted by Gasteiger charge is 2.21. The van der Waals surface area contributed by atoms with Gasteiger partial charge in [-0.2, -0.15) is 0 Å². The van der Waals surface area contributed by atoms with E-state index in [4.69, 9.17) is 0 Å². The zero-order valence-corrected chi connectivity index (χ0v) is 12.6. The SMILES string of the molecule is CC(=O)c1sc2ncn(C3CCCCC3)c(=O)c2c1C. The van der Waals surface area contributed by atoms with Crippen LogP contribution in [0.5, 0.6) is 0 Å². The van der Waals surface area contributed by atoms with Gasteiger partial charge in [-0.05, 0) is 32.3 Å². The molecule has 0 bridgehead atoms. The number of hydrogen-bond donors (Lipinski definition) is 0. The molecule has 0 spiro atoms. The van der Waals surface area contributed by atoms with Crippen molar-refractivity contribution in [1.29, 1.82) is 0 Å². The van der Waals surface area contributed by atoms with Gasteiger partial charge in [0.25, 0.3) is 5.56 Å². The summed E-state index contributed by atoms with van der Waals surface area (Å²) in [4.78, 5) is 30.1. The lowest BCUT2D eigenvalue weighted by Crippen LogP contribution is -2.26. The zero-order valence-electron chi connectivity index (χ0n) is 11.8. The van der Waals surface area contributed by atoms with Crippen LogP contribution in [0, 0.1) is 6.92 Å². The molecule has 1 aliphatic rings. The molecule has 0 saturated heterocycles. The van der Waals surface area contributed by atoms with E-state index in [-0.39, 0.29) is 17.4 Å². The number of carbonyl (C=O) groups is 1. The second-order valence-corrected chi connectivity index (χ2v) is 6.54. The molecule has 3 rings (SSSR count). The predicted molar refractivity (Wildman–Crippen MR) is 80.7 cm³/mol. The molecule has 0 aromatic carbocycles. The highest BCUT2D eigenvalue weighted by atomic mass is 32.1. The van der Waals surface area contributed by atoms with Gasteiger partial charge in [0.05, 0.1) is 16.6 Å². The molecule has 0 unspecified atom stereocenters. The number of carbonyl (C=O) groups excluding carboxylic acids is 1. The Labute approximate surface area is 121 Å². The molecule has 2 heterocycles. The second-order valence-electron chi connectivity index (χ2n) is 5.54. The predicted octanol–water partition coefficient (Wildman–Crippen LogP) is 3.47. The average Bonchev–Trinajstić information content (AvgIpc) is 2.78. The third-order valence-electron chi connectivity index (χ3n) is 4.16. The van der Waals surface area contributed by atoms with Crippen LogP contribution in [-0.2, 0) is 0 Å². The van der Waals surface area contributed by atoms with Crippen LogP contribution in [0.1, 0.15) is 60.3 Å². The maximum atomic E-state index is 12.7. The number of aromatic nitrogens is 2. The van der Waals surface area contributed by atoms with E-state index in [1.807, 2.05) is 6.92 Å². The fourth-order valence-corrected chi connectivity index (χ4v) is 4.13. The molecular weight excluding hydrogens is 272 g/mol. The number of nitrogens with zero attached hydrogens (tertiary/aromatic N) is 2. The molecule has 1 saturated carbocycles. The summed E-state index contributed by atoms with van der Waals surface area (Å²) in [5.41, 5.74) is 0.809. The quantitative estimate of drug-likeness (QED) is 0.796. The fraction of sp³-hybridized carbons (Fsp3) is 0.533. The van der Waals surface area contributed by atoms with Gasteiger partial charge in [0.1, 0.15) is 4.83 Å². The first-order valence-corrected chi connectivity index (χ1v) is 7.92. The van der Waals surface area contributed by atoms with Crippen molar-refractivity contribution in [2.24, 2.45) is 0 Å². The average molecular weight is 290 g/mol. The minimum absolute atomic E-state index is 0.00844. The van der Waals surface area contributed by atoms with Gasteiger partial charge in [0.15, 0.2) is 5.78 Å². The summed E-state index contributed by atoms with van der Waals surface area (Å²) in [7, 11) is 0. The summed E-state index contributed by atoms with van der Waals surface area (Å²) in [6.45, 7) is 3.39. The molecular formula is C15H18N2O2S. The molecule has 1 aliphatic carbocycles. The Kier molecular flexibility index (Phi) is 3.46. The summed E-state index contributed by atoms with van der Waals surface area (Å²) in [5.74, 6) is 0.00844. The Morgan fingerprint density at radius 1 is 1.35 bits per heavy atom. The molecule has 2 aromatic rings. The van der Waals surface area contributed by atoms with Gasteiger partial charge in [-0.1, -0.05) is 19.3 Å². The smallest absolute Gasteiger partial charge is 0.262 e. The summed E-state index contributed by atoms with van der Waals surface area (Å²) in [6, 6.07) is 0.272. The number of ketones is 1. The number of thiophene rings is 1. The summed E-state index contributed by atoms with van der Waals surface area (Å²) < 4.78 is 1.78.